The molecule has 8 heteroatoms. The zero-order valence-corrected chi connectivity index (χ0v) is 12.0. The summed E-state index contributed by atoms with van der Waals surface area (Å²) in [4.78, 5) is 1.04. The third-order valence-corrected chi connectivity index (χ3v) is 4.16. The van der Waals surface area contributed by atoms with Crippen LogP contribution in [0, 0.1) is 0 Å². The Kier molecular flexibility index (Phi) is 5.12. The van der Waals surface area contributed by atoms with E-state index in [4.69, 9.17) is 4.74 Å². The number of aromatic nitrogens is 4. The normalized spacial score (nSPS) is 11.0. The molecule has 0 aliphatic heterocycles. The summed E-state index contributed by atoms with van der Waals surface area (Å²) >= 11 is 2.96. The maximum atomic E-state index is 4.96. The molecule has 0 aromatic carbocycles. The second-order valence-corrected chi connectivity index (χ2v) is 5.39. The second kappa shape index (κ2) is 6.83. The van der Waals surface area contributed by atoms with Crippen molar-refractivity contribution in [1.82, 2.24) is 25.1 Å². The summed E-state index contributed by atoms with van der Waals surface area (Å²) < 4.78 is 8.93. The Morgan fingerprint density at radius 2 is 2.17 bits per heavy atom. The first-order valence-corrected chi connectivity index (χ1v) is 7.27. The van der Waals surface area contributed by atoms with E-state index in [1.165, 1.54) is 11.5 Å². The van der Waals surface area contributed by atoms with Gasteiger partial charge in [0.25, 0.3) is 0 Å². The van der Waals surface area contributed by atoms with Crippen LogP contribution in [0.1, 0.15) is 17.6 Å². The molecule has 18 heavy (non-hydrogen) atoms. The molecule has 2 aromatic rings. The molecular weight excluding hydrogens is 270 g/mol. The maximum Gasteiger partial charge on any atom is 0.161 e. The number of nitrogens with one attached hydrogen (secondary N) is 1. The Morgan fingerprint density at radius 3 is 2.94 bits per heavy atom. The van der Waals surface area contributed by atoms with Gasteiger partial charge in [-0.2, -0.15) is 0 Å². The number of aryl methyl sites for hydroxylation is 1. The highest BCUT2D eigenvalue weighted by Gasteiger charge is 2.13. The Bertz CT molecular complexity index is 484. The lowest BCUT2D eigenvalue weighted by atomic mass is 10.3. The highest BCUT2D eigenvalue weighted by Crippen LogP contribution is 2.29. The fourth-order valence-corrected chi connectivity index (χ4v) is 3.03. The summed E-state index contributed by atoms with van der Waals surface area (Å²) in [5.41, 5.74) is 0.995. The van der Waals surface area contributed by atoms with Crippen molar-refractivity contribution >= 4 is 22.9 Å². The summed E-state index contributed by atoms with van der Waals surface area (Å²) in [5.74, 6) is 0. The Labute approximate surface area is 114 Å². The largest absolute Gasteiger partial charge is 0.383 e. The Hall–Kier alpha value is -0.960. The molecule has 2 rings (SSSR count). The van der Waals surface area contributed by atoms with Gasteiger partial charge in [0.15, 0.2) is 5.01 Å². The van der Waals surface area contributed by atoms with Crippen molar-refractivity contribution in [2.45, 2.75) is 19.9 Å². The molecule has 0 saturated heterocycles. The van der Waals surface area contributed by atoms with E-state index in [2.05, 4.69) is 32.0 Å². The second-order valence-electron chi connectivity index (χ2n) is 3.57. The molecule has 0 aliphatic carbocycles. The van der Waals surface area contributed by atoms with E-state index in [9.17, 15) is 0 Å². The number of hydrogen-bond donors (Lipinski definition) is 1. The van der Waals surface area contributed by atoms with Crippen LogP contribution in [-0.4, -0.2) is 40.0 Å². The summed E-state index contributed by atoms with van der Waals surface area (Å²) in [5, 5.41) is 17.6. The first-order valence-electron chi connectivity index (χ1n) is 5.68. The minimum absolute atomic E-state index is 0.699. The molecule has 2 aromatic heterocycles. The molecule has 0 amide bonds. The minimum Gasteiger partial charge on any atom is -0.383 e. The van der Waals surface area contributed by atoms with Crippen molar-refractivity contribution in [3.8, 4) is 9.88 Å². The van der Waals surface area contributed by atoms with Crippen LogP contribution < -0.4 is 5.32 Å². The van der Waals surface area contributed by atoms with Gasteiger partial charge in [-0.1, -0.05) is 22.7 Å². The van der Waals surface area contributed by atoms with Gasteiger partial charge in [-0.05, 0) is 18.0 Å². The molecule has 0 atom stereocenters. The van der Waals surface area contributed by atoms with E-state index in [0.29, 0.717) is 13.2 Å². The van der Waals surface area contributed by atoms with Gasteiger partial charge in [-0.25, -0.2) is 0 Å². The number of nitrogens with zero attached hydrogens (tertiary/aromatic N) is 4. The van der Waals surface area contributed by atoms with Gasteiger partial charge in [0.2, 0.25) is 0 Å². The molecule has 0 spiro atoms. The van der Waals surface area contributed by atoms with Gasteiger partial charge < -0.3 is 10.1 Å². The van der Waals surface area contributed by atoms with E-state index in [0.717, 1.165) is 33.6 Å². The van der Waals surface area contributed by atoms with Crippen LogP contribution in [0.2, 0.25) is 0 Å². The van der Waals surface area contributed by atoms with Gasteiger partial charge in [0, 0.05) is 20.2 Å². The first kappa shape index (κ1) is 13.5. The van der Waals surface area contributed by atoms with Crippen LogP contribution in [0.25, 0.3) is 9.88 Å². The monoisotopic (exact) mass is 285 g/mol. The van der Waals surface area contributed by atoms with Crippen molar-refractivity contribution in [2.24, 2.45) is 0 Å². The standard InChI is InChI=1S/C10H15N5OS2/c1-3-7-9(18-15-12-7)10-14-13-8(17-10)6-11-4-5-16-2/h11H,3-6H2,1-2H3. The summed E-state index contributed by atoms with van der Waals surface area (Å²) in [6.45, 7) is 4.29. The summed E-state index contributed by atoms with van der Waals surface area (Å²) in [7, 11) is 1.69. The molecular formula is C10H15N5OS2. The minimum atomic E-state index is 0.699. The third kappa shape index (κ3) is 3.29. The molecule has 0 bridgehead atoms. The van der Waals surface area contributed by atoms with Gasteiger partial charge in [-0.15, -0.1) is 15.3 Å². The zero-order chi connectivity index (χ0) is 12.8. The molecule has 2 heterocycles. The van der Waals surface area contributed by atoms with E-state index in [1.54, 1.807) is 18.4 Å². The predicted molar refractivity (Wildman–Crippen MR) is 71.8 cm³/mol. The first-order chi connectivity index (χ1) is 8.85. The third-order valence-electron chi connectivity index (χ3n) is 2.31. The van der Waals surface area contributed by atoms with Crippen molar-refractivity contribution in [1.29, 1.82) is 0 Å². The van der Waals surface area contributed by atoms with E-state index in [-0.39, 0.29) is 0 Å². The van der Waals surface area contributed by atoms with Crippen molar-refractivity contribution in [2.75, 3.05) is 20.3 Å². The Balaban J connectivity index is 1.97. The lowest BCUT2D eigenvalue weighted by Crippen LogP contribution is -2.18. The van der Waals surface area contributed by atoms with E-state index >= 15 is 0 Å². The lowest BCUT2D eigenvalue weighted by Gasteiger charge is -1.99. The smallest absolute Gasteiger partial charge is 0.161 e. The Morgan fingerprint density at radius 1 is 1.28 bits per heavy atom. The quantitative estimate of drug-likeness (QED) is 0.774. The molecule has 98 valence electrons. The van der Waals surface area contributed by atoms with Crippen LogP contribution in [0.15, 0.2) is 0 Å². The fourth-order valence-electron chi connectivity index (χ4n) is 1.39. The molecule has 0 fully saturated rings. The molecule has 0 unspecified atom stereocenters. The number of hydrogen-bond acceptors (Lipinski definition) is 8. The van der Waals surface area contributed by atoms with Crippen molar-refractivity contribution < 1.29 is 4.74 Å². The highest BCUT2D eigenvalue weighted by molar-refractivity contribution is 7.19. The number of methoxy groups -OCH3 is 1. The van der Waals surface area contributed by atoms with Gasteiger partial charge >= 0.3 is 0 Å². The van der Waals surface area contributed by atoms with Gasteiger partial charge in [-0.3, -0.25) is 0 Å². The zero-order valence-electron chi connectivity index (χ0n) is 10.3. The molecule has 1 N–H and O–H groups in total. The van der Waals surface area contributed by atoms with E-state index in [1.807, 2.05) is 0 Å². The number of rotatable bonds is 7. The van der Waals surface area contributed by atoms with E-state index < -0.39 is 0 Å². The molecule has 0 saturated carbocycles. The fraction of sp³-hybridized carbons (Fsp3) is 0.600. The van der Waals surface area contributed by atoms with Crippen LogP contribution >= 0.6 is 22.9 Å². The molecule has 0 radical (unpaired) electrons. The van der Waals surface area contributed by atoms with Crippen LogP contribution in [0.3, 0.4) is 0 Å². The average molecular weight is 285 g/mol. The van der Waals surface area contributed by atoms with Crippen molar-refractivity contribution in [3.63, 3.8) is 0 Å². The topological polar surface area (TPSA) is 72.8 Å². The van der Waals surface area contributed by atoms with Crippen LogP contribution in [0.4, 0.5) is 0 Å². The lowest BCUT2D eigenvalue weighted by molar-refractivity contribution is 0.199. The van der Waals surface area contributed by atoms with Crippen LogP contribution in [0.5, 0.6) is 0 Å². The summed E-state index contributed by atoms with van der Waals surface area (Å²) in [6.07, 6.45) is 0.868. The number of ether oxygens (including phenoxy) is 1. The SMILES string of the molecule is CCc1nnsc1-c1nnc(CNCCOC)s1. The van der Waals surface area contributed by atoms with Crippen molar-refractivity contribution in [3.05, 3.63) is 10.7 Å². The molecule has 6 nitrogen and oxygen atoms in total. The van der Waals surface area contributed by atoms with Crippen LogP contribution in [-0.2, 0) is 17.7 Å². The van der Waals surface area contributed by atoms with Gasteiger partial charge in [0.1, 0.15) is 9.88 Å². The highest BCUT2D eigenvalue weighted by atomic mass is 32.1. The maximum absolute atomic E-state index is 4.96. The van der Waals surface area contributed by atoms with Gasteiger partial charge in [0.05, 0.1) is 12.3 Å². The summed E-state index contributed by atoms with van der Waals surface area (Å²) in [6, 6.07) is 0. The average Bonchev–Trinajstić information content (AvgIpc) is 3.02. The predicted octanol–water partition coefficient (Wildman–Crippen LogP) is 1.35. The molecule has 0 aliphatic rings.